The van der Waals surface area contributed by atoms with Crippen LogP contribution in [0.4, 0.5) is 0 Å². The average molecular weight is 1730 g/mol. The lowest BCUT2D eigenvalue weighted by Crippen LogP contribution is -2.65. The number of hydrogen-bond acceptors (Lipinski definition) is 26. The molecule has 34 heteroatoms. The van der Waals surface area contributed by atoms with Crippen molar-refractivity contribution in [2.75, 3.05) is 40.8 Å². The van der Waals surface area contributed by atoms with Gasteiger partial charge in [-0.25, -0.2) is 0 Å². The molecule has 7 aliphatic heterocycles. The largest absolute Gasteiger partial charge is 0.508 e. The molecule has 0 spiro atoms. The number of ketones is 3. The van der Waals surface area contributed by atoms with Gasteiger partial charge in [0.1, 0.15) is 77.1 Å². The fourth-order valence-electron chi connectivity index (χ4n) is 15.9. The molecule has 5 amide bonds. The van der Waals surface area contributed by atoms with Gasteiger partial charge in [0.2, 0.25) is 41.6 Å². The van der Waals surface area contributed by atoms with Gasteiger partial charge in [0.25, 0.3) is 0 Å². The summed E-state index contributed by atoms with van der Waals surface area (Å²) in [4.78, 5) is 123. The second-order valence-corrected chi connectivity index (χ2v) is 33.4. The molecule has 18 atom stereocenters. The van der Waals surface area contributed by atoms with Crippen LogP contribution >= 0.6 is 34.8 Å². The number of Topliss-reactive ketones (excluding diaryl/α,β-unsaturated/α-hetero) is 3. The number of primary amides is 1. The van der Waals surface area contributed by atoms with Gasteiger partial charge in [-0.1, -0.05) is 103 Å². The minimum Gasteiger partial charge on any atom is -0.508 e. The normalized spacial score (nSPS) is 26.7. The molecular formula is C87H99Cl3N8O23. The standard InChI is InChI=1S/C87H99Cl3N8O23/c1-40(2)25-58(92-5)84(114)97-74-62(104)29-49(32-69(91)106)82(112)95-72-48-30-66(117-64-21-16-46(27-56(64)89)75(107)55-36-60(102)52(35-63(72)105)45-15-20-59(101)53(26-45)71-54(33-51(100)34-61(71)103)73(96-83(55)113)85(115)93-23-8-24-98(6)7)79(67(31-48)118-65-22-17-47(76(74)108)28-57(65)90)121-86-80(78(110)77(109)68(39-99)119-86)120-70-37-87(4,81(111)41(3)116-70)94-38-42-9-11-43(12-10-42)44-13-18-50(88)19-14-44/h9-22,26-28,30-31,33-34,40-41,49,52,55,58,68,70,72-78,80-81,86,92,94,99-101,103,107-111H,8,23-25,29,32,35-39H2,1-7H3,(H2,91,106)(H,93,115)(H,95,112)(H,96,113)(H,97,114)/t41-,49-,52-,55-,58+,68?,70-,72+,73-,74-,75+,76+,77?,78-,80+,81+,86?,87?/m0/s1. The van der Waals surface area contributed by atoms with E-state index in [1.54, 1.807) is 26.0 Å². The molecule has 121 heavy (non-hydrogen) atoms. The van der Waals surface area contributed by atoms with Crippen LogP contribution in [0.15, 0.2) is 127 Å². The van der Waals surface area contributed by atoms with Crippen LogP contribution in [-0.4, -0.2) is 205 Å². The van der Waals surface area contributed by atoms with E-state index in [1.807, 2.05) is 69.2 Å². The van der Waals surface area contributed by atoms with Gasteiger partial charge in [0, 0.05) is 78.9 Å². The van der Waals surface area contributed by atoms with Crippen LogP contribution in [0, 0.1) is 17.8 Å². The molecule has 31 nitrogen and oxygen atoms in total. The van der Waals surface area contributed by atoms with E-state index in [2.05, 4.69) is 31.9 Å². The zero-order valence-corrected chi connectivity index (χ0v) is 69.5. The summed E-state index contributed by atoms with van der Waals surface area (Å²) in [7, 11) is 5.13. The number of aliphatic hydroxyl groups excluding tert-OH is 6. The quantitative estimate of drug-likeness (QED) is 0.0313. The number of phenolic OH excluding ortho intramolecular Hbond substituents is 3. The predicted octanol–water partition coefficient (Wildman–Crippen LogP) is 7.31. The zero-order valence-electron chi connectivity index (χ0n) is 67.2. The van der Waals surface area contributed by atoms with Crippen molar-refractivity contribution >= 4 is 81.7 Å². The summed E-state index contributed by atoms with van der Waals surface area (Å²) in [6.45, 7) is 6.81. The maximum atomic E-state index is 16.5. The van der Waals surface area contributed by atoms with Crippen molar-refractivity contribution in [1.29, 1.82) is 0 Å². The molecule has 0 radical (unpaired) electrons. The maximum absolute atomic E-state index is 16.5. The molecule has 0 aliphatic carbocycles. The van der Waals surface area contributed by atoms with Gasteiger partial charge in [-0.05, 0) is 172 Å². The van der Waals surface area contributed by atoms with Gasteiger partial charge in [0.05, 0.1) is 52.8 Å². The van der Waals surface area contributed by atoms with E-state index in [-0.39, 0.29) is 92.3 Å². The van der Waals surface area contributed by atoms with Crippen LogP contribution in [0.25, 0.3) is 22.3 Å². The topological polar surface area (TPSA) is 475 Å². The number of aromatic hydroxyl groups is 3. The summed E-state index contributed by atoms with van der Waals surface area (Å²) >= 11 is 20.7. The van der Waals surface area contributed by atoms with E-state index in [1.165, 1.54) is 55.6 Å². The molecular weight excluding hydrogens is 1630 g/mol. The highest BCUT2D eigenvalue weighted by Gasteiger charge is 2.52. The first-order chi connectivity index (χ1) is 57.5. The van der Waals surface area contributed by atoms with Crippen LogP contribution in [0.2, 0.25) is 15.1 Å². The van der Waals surface area contributed by atoms with E-state index < -0.39 is 223 Å². The van der Waals surface area contributed by atoms with Crippen molar-refractivity contribution < 1.29 is 113 Å². The molecule has 7 heterocycles. The molecule has 646 valence electrons. The van der Waals surface area contributed by atoms with Gasteiger partial charge in [-0.3, -0.25) is 38.4 Å². The Morgan fingerprint density at radius 1 is 0.702 bits per heavy atom. The first-order valence-electron chi connectivity index (χ1n) is 39.6. The number of nitrogens with one attached hydrogen (secondary N) is 6. The van der Waals surface area contributed by atoms with E-state index in [4.69, 9.17) is 69.0 Å². The Morgan fingerprint density at radius 2 is 1.34 bits per heavy atom. The second-order valence-electron chi connectivity index (χ2n) is 32.2. The average Bonchev–Trinajstić information content (AvgIpc) is 0.764. The molecule has 0 saturated carbocycles. The highest BCUT2D eigenvalue weighted by Crippen LogP contribution is 2.51. The van der Waals surface area contributed by atoms with Crippen molar-refractivity contribution in [3.05, 3.63) is 176 Å². The third-order valence-electron chi connectivity index (χ3n) is 22.6. The number of nitrogens with two attached hydrogens (primary N) is 1. The molecule has 7 aromatic carbocycles. The number of nitrogens with zero attached hydrogens (tertiary/aromatic N) is 1. The van der Waals surface area contributed by atoms with E-state index >= 15 is 24.0 Å². The van der Waals surface area contributed by atoms with Crippen molar-refractivity contribution in [3.63, 3.8) is 0 Å². The number of ether oxygens (including phenoxy) is 6. The Labute approximate surface area is 712 Å². The predicted molar refractivity (Wildman–Crippen MR) is 441 cm³/mol. The van der Waals surface area contributed by atoms with Crippen LogP contribution < -0.4 is 51.8 Å². The zero-order chi connectivity index (χ0) is 87.3. The molecule has 4 unspecified atom stereocenters. The SMILES string of the molecule is CN[C@H](CC(C)C)C(=O)N[C@H]1C(=O)C[C@@H](CC(N)=O)C(=O)N[C@H]2C(=O)C[C@@H]3C(=O)C[C@H](C(=O)N[C@H](C(=O)NCCCN(C)C)c4cc(O)cc(O)c4-c4cc3ccc4O)[C@H](O)c3ccc(c(Cl)c3)Oc3cc2cc(c3OC2OC(CO)C(O)[C@H](O)[C@H]2O[C@H]2CC(C)(NCc3ccc(-c4ccc(Cl)cc4)cc3)[C@H](O)[C@H](C)O2)Oc2ccc(cc2Cl)[C@H]1O. The molecule has 2 saturated heterocycles. The Hall–Kier alpha value is -9.91. The fraction of sp³-hybridized carbons (Fsp3) is 0.425. The molecule has 7 aromatic rings. The van der Waals surface area contributed by atoms with E-state index in [9.17, 15) is 60.3 Å². The Balaban J connectivity index is 1.04. The summed E-state index contributed by atoms with van der Waals surface area (Å²) < 4.78 is 39.9. The lowest BCUT2D eigenvalue weighted by molar-refractivity contribution is -0.334. The number of fused-ring (bicyclic) bond motifs is 15. The van der Waals surface area contributed by atoms with Gasteiger partial charge in [-0.2, -0.15) is 0 Å². The molecule has 7 aliphatic rings. The molecule has 11 bridgehead atoms. The number of halogens is 3. The lowest BCUT2D eigenvalue weighted by atomic mass is 9.79. The summed E-state index contributed by atoms with van der Waals surface area (Å²) in [5, 5.41) is 124. The minimum atomic E-state index is -2.17. The monoisotopic (exact) mass is 1730 g/mol. The summed E-state index contributed by atoms with van der Waals surface area (Å²) in [6, 6.07) is 23.4. The molecule has 0 aromatic heterocycles. The van der Waals surface area contributed by atoms with Crippen molar-refractivity contribution in [2.24, 2.45) is 23.5 Å². The van der Waals surface area contributed by atoms with E-state index in [0.717, 1.165) is 47.0 Å². The fourth-order valence-corrected chi connectivity index (χ4v) is 16.5. The maximum Gasteiger partial charge on any atom is 0.247 e. The van der Waals surface area contributed by atoms with Crippen molar-refractivity contribution in [1.82, 2.24) is 36.8 Å². The van der Waals surface area contributed by atoms with Gasteiger partial charge >= 0.3 is 0 Å². The number of amides is 5. The number of carbonyl (C=O) groups excluding carboxylic acids is 8. The first kappa shape index (κ1) is 90.3. The smallest absolute Gasteiger partial charge is 0.247 e. The summed E-state index contributed by atoms with van der Waals surface area (Å²) in [5.74, 6) is -18.3. The highest BCUT2D eigenvalue weighted by molar-refractivity contribution is 6.32. The molecule has 2 fully saturated rings. The number of rotatable bonds is 21. The Kier molecular flexibility index (Phi) is 28.9. The van der Waals surface area contributed by atoms with Gasteiger partial charge in [0.15, 0.2) is 35.5 Å². The minimum absolute atomic E-state index is 0.0305. The lowest BCUT2D eigenvalue weighted by Gasteiger charge is -2.48. The van der Waals surface area contributed by atoms with Crippen LogP contribution in [0.1, 0.15) is 136 Å². The summed E-state index contributed by atoms with van der Waals surface area (Å²) in [6.07, 6.45) is -20.5. The Morgan fingerprint density at radius 3 is 1.95 bits per heavy atom. The number of carbonyl (C=O) groups is 8. The number of phenols is 3. The third kappa shape index (κ3) is 20.7. The van der Waals surface area contributed by atoms with Crippen LogP contribution in [-0.2, 0) is 59.1 Å². The number of likely N-dealkylation sites (N-methyl/N-ethyl adjacent to an activating group) is 1. The first-order valence-corrected chi connectivity index (χ1v) is 40.8. The van der Waals surface area contributed by atoms with Crippen molar-refractivity contribution in [2.45, 2.75) is 176 Å². The third-order valence-corrected chi connectivity index (χ3v) is 23.4. The van der Waals surface area contributed by atoms with E-state index in [0.29, 0.717) is 18.0 Å². The van der Waals surface area contributed by atoms with Gasteiger partial charge < -0.3 is 117 Å². The van der Waals surface area contributed by atoms with Crippen molar-refractivity contribution in [3.8, 4) is 68.2 Å². The van der Waals surface area contributed by atoms with Crippen LogP contribution in [0.5, 0.6) is 46.0 Å². The van der Waals surface area contributed by atoms with Gasteiger partial charge in [-0.15, -0.1) is 0 Å². The number of aliphatic hydroxyl groups is 6. The highest BCUT2D eigenvalue weighted by atomic mass is 35.5. The molecule has 14 rings (SSSR count). The Bertz CT molecular complexity index is 5030. The molecule has 17 N–H and O–H groups in total. The number of hydrogen-bond donors (Lipinski definition) is 16. The summed E-state index contributed by atoms with van der Waals surface area (Å²) in [5.41, 5.74) is 5.69. The number of benzene rings is 7. The second kappa shape index (κ2) is 38.7. The van der Waals surface area contributed by atoms with Crippen LogP contribution in [0.3, 0.4) is 0 Å².